The van der Waals surface area contributed by atoms with Gasteiger partial charge in [-0.05, 0) is 62.0 Å². The summed E-state index contributed by atoms with van der Waals surface area (Å²) < 4.78 is 0. The van der Waals surface area contributed by atoms with Crippen molar-refractivity contribution < 1.29 is 4.79 Å². The van der Waals surface area contributed by atoms with E-state index in [0.717, 1.165) is 45.4 Å². The summed E-state index contributed by atoms with van der Waals surface area (Å²) >= 11 is 5.94. The summed E-state index contributed by atoms with van der Waals surface area (Å²) in [7, 11) is 0. The van der Waals surface area contributed by atoms with Crippen molar-refractivity contribution in [1.82, 2.24) is 10.2 Å². The van der Waals surface area contributed by atoms with Crippen molar-refractivity contribution in [2.75, 3.05) is 26.2 Å². The number of carbonyl (C=O) groups is 1. The lowest BCUT2D eigenvalue weighted by Crippen LogP contribution is -2.39. The Hall–Kier alpha value is -1.84. The second-order valence-electron chi connectivity index (χ2n) is 6.74. The van der Waals surface area contributed by atoms with Crippen LogP contribution in [0.15, 0.2) is 54.6 Å². The molecule has 0 unspecified atom stereocenters. The van der Waals surface area contributed by atoms with Crippen LogP contribution < -0.4 is 5.32 Å². The molecule has 2 aromatic rings. The molecule has 0 atom stereocenters. The molecule has 0 radical (unpaired) electrons. The van der Waals surface area contributed by atoms with Gasteiger partial charge in [-0.1, -0.05) is 48.0 Å². The highest BCUT2D eigenvalue weighted by Gasteiger charge is 2.19. The summed E-state index contributed by atoms with van der Waals surface area (Å²) in [5, 5.41) is 3.65. The Morgan fingerprint density at radius 1 is 1.08 bits per heavy atom. The molecular weight excluding hydrogens is 332 g/mol. The number of amides is 1. The minimum Gasteiger partial charge on any atom is -0.352 e. The predicted octanol–water partition coefficient (Wildman–Crippen LogP) is 4.02. The number of nitrogens with zero attached hydrogens (tertiary/aromatic N) is 1. The van der Waals surface area contributed by atoms with E-state index in [1.54, 1.807) is 18.2 Å². The van der Waals surface area contributed by atoms with Crippen molar-refractivity contribution in [2.45, 2.75) is 19.3 Å². The van der Waals surface area contributed by atoms with Gasteiger partial charge in [0.15, 0.2) is 0 Å². The molecule has 1 amide bonds. The van der Waals surface area contributed by atoms with Gasteiger partial charge >= 0.3 is 0 Å². The molecule has 2 aromatic carbocycles. The molecule has 1 saturated heterocycles. The van der Waals surface area contributed by atoms with Crippen molar-refractivity contribution in [3.05, 3.63) is 70.7 Å². The summed E-state index contributed by atoms with van der Waals surface area (Å²) in [4.78, 5) is 14.7. The predicted molar refractivity (Wildman–Crippen MR) is 103 cm³/mol. The number of benzene rings is 2. The van der Waals surface area contributed by atoms with E-state index in [1.165, 1.54) is 5.56 Å². The van der Waals surface area contributed by atoms with Gasteiger partial charge in [0.25, 0.3) is 5.91 Å². The van der Waals surface area contributed by atoms with Crippen molar-refractivity contribution in [2.24, 2.45) is 5.92 Å². The third-order valence-corrected chi connectivity index (χ3v) is 5.14. The Morgan fingerprint density at radius 3 is 2.56 bits per heavy atom. The Kier molecular flexibility index (Phi) is 6.48. The molecule has 4 heteroatoms. The van der Waals surface area contributed by atoms with Gasteiger partial charge in [-0.15, -0.1) is 0 Å². The molecule has 25 heavy (non-hydrogen) atoms. The fraction of sp³-hybridized carbons (Fsp3) is 0.381. The smallest absolute Gasteiger partial charge is 0.251 e. The molecule has 3 rings (SSSR count). The average molecular weight is 357 g/mol. The van der Waals surface area contributed by atoms with Crippen LogP contribution in [0, 0.1) is 5.92 Å². The first kappa shape index (κ1) is 18.0. The first-order valence-electron chi connectivity index (χ1n) is 9.01. The van der Waals surface area contributed by atoms with E-state index in [0.29, 0.717) is 16.5 Å². The lowest BCUT2D eigenvalue weighted by Gasteiger charge is -2.32. The average Bonchev–Trinajstić information content (AvgIpc) is 2.66. The van der Waals surface area contributed by atoms with Crippen molar-refractivity contribution in [3.63, 3.8) is 0 Å². The summed E-state index contributed by atoms with van der Waals surface area (Å²) in [5.74, 6) is 0.533. The number of carbonyl (C=O) groups excluding carboxylic acids is 1. The van der Waals surface area contributed by atoms with Crippen LogP contribution in [0.25, 0.3) is 0 Å². The Morgan fingerprint density at radius 2 is 1.84 bits per heavy atom. The number of hydrogen-bond donors (Lipinski definition) is 1. The maximum absolute atomic E-state index is 12.2. The van der Waals surface area contributed by atoms with Crippen LogP contribution in [0.3, 0.4) is 0 Å². The molecule has 1 aliphatic rings. The van der Waals surface area contributed by atoms with E-state index in [1.807, 2.05) is 6.07 Å². The molecule has 0 aromatic heterocycles. The molecule has 1 heterocycles. The van der Waals surface area contributed by atoms with Crippen LogP contribution in [0.4, 0.5) is 0 Å². The highest BCUT2D eigenvalue weighted by molar-refractivity contribution is 6.30. The molecule has 1 aliphatic heterocycles. The molecule has 1 N–H and O–H groups in total. The van der Waals surface area contributed by atoms with Crippen molar-refractivity contribution in [3.8, 4) is 0 Å². The maximum atomic E-state index is 12.2. The van der Waals surface area contributed by atoms with Gasteiger partial charge in [-0.2, -0.15) is 0 Å². The van der Waals surface area contributed by atoms with Crippen LogP contribution in [-0.4, -0.2) is 37.0 Å². The van der Waals surface area contributed by atoms with Gasteiger partial charge in [0, 0.05) is 23.7 Å². The van der Waals surface area contributed by atoms with E-state index in [4.69, 9.17) is 11.6 Å². The minimum absolute atomic E-state index is 0.0333. The molecule has 0 saturated carbocycles. The molecule has 1 fully saturated rings. The zero-order valence-corrected chi connectivity index (χ0v) is 15.2. The van der Waals surface area contributed by atoms with Gasteiger partial charge in [0.2, 0.25) is 0 Å². The molecule has 3 nitrogen and oxygen atoms in total. The number of piperidine rings is 1. The summed E-state index contributed by atoms with van der Waals surface area (Å²) in [6.07, 6.45) is 3.40. The third kappa shape index (κ3) is 5.58. The Balaban J connectivity index is 1.37. The van der Waals surface area contributed by atoms with Gasteiger partial charge < -0.3 is 10.2 Å². The standard InChI is InChI=1S/C21H25ClN2O/c22-20-8-4-7-19(15-20)21(25)23-16-18-10-13-24(14-11-18)12-9-17-5-2-1-3-6-17/h1-8,15,18H,9-14,16H2,(H,23,25). The van der Waals surface area contributed by atoms with Crippen LogP contribution in [0.2, 0.25) is 5.02 Å². The highest BCUT2D eigenvalue weighted by atomic mass is 35.5. The lowest BCUT2D eigenvalue weighted by atomic mass is 9.96. The first-order chi connectivity index (χ1) is 12.2. The monoisotopic (exact) mass is 356 g/mol. The second kappa shape index (κ2) is 9.02. The quantitative estimate of drug-likeness (QED) is 0.847. The Labute approximate surface area is 155 Å². The molecule has 132 valence electrons. The van der Waals surface area contributed by atoms with Crippen LogP contribution in [0.5, 0.6) is 0 Å². The van der Waals surface area contributed by atoms with Gasteiger partial charge in [-0.25, -0.2) is 0 Å². The van der Waals surface area contributed by atoms with E-state index in [9.17, 15) is 4.79 Å². The van der Waals surface area contributed by atoms with E-state index in [-0.39, 0.29) is 5.91 Å². The van der Waals surface area contributed by atoms with Gasteiger partial charge in [0.05, 0.1) is 0 Å². The molecule has 0 bridgehead atoms. The van der Waals surface area contributed by atoms with Crippen molar-refractivity contribution >= 4 is 17.5 Å². The highest BCUT2D eigenvalue weighted by Crippen LogP contribution is 2.17. The van der Waals surface area contributed by atoms with E-state index < -0.39 is 0 Å². The van der Waals surface area contributed by atoms with Crippen LogP contribution >= 0.6 is 11.6 Å². The van der Waals surface area contributed by atoms with Gasteiger partial charge in [0.1, 0.15) is 0 Å². The van der Waals surface area contributed by atoms with E-state index >= 15 is 0 Å². The number of hydrogen-bond acceptors (Lipinski definition) is 2. The van der Waals surface area contributed by atoms with Crippen molar-refractivity contribution in [1.29, 1.82) is 0 Å². The number of halogens is 1. The lowest BCUT2D eigenvalue weighted by molar-refractivity contribution is 0.0936. The second-order valence-corrected chi connectivity index (χ2v) is 7.18. The molecule has 0 spiro atoms. The maximum Gasteiger partial charge on any atom is 0.251 e. The van der Waals surface area contributed by atoms with Crippen LogP contribution in [0.1, 0.15) is 28.8 Å². The fourth-order valence-corrected chi connectivity index (χ4v) is 3.51. The van der Waals surface area contributed by atoms with Crippen LogP contribution in [-0.2, 0) is 6.42 Å². The molecule has 0 aliphatic carbocycles. The Bertz CT molecular complexity index is 681. The fourth-order valence-electron chi connectivity index (χ4n) is 3.31. The number of likely N-dealkylation sites (tertiary alicyclic amines) is 1. The van der Waals surface area contributed by atoms with Gasteiger partial charge in [-0.3, -0.25) is 4.79 Å². The third-order valence-electron chi connectivity index (χ3n) is 4.90. The SMILES string of the molecule is O=C(NCC1CCN(CCc2ccccc2)CC1)c1cccc(Cl)c1. The summed E-state index contributed by atoms with van der Waals surface area (Å²) in [5.41, 5.74) is 2.03. The zero-order valence-electron chi connectivity index (χ0n) is 14.5. The first-order valence-corrected chi connectivity index (χ1v) is 9.38. The largest absolute Gasteiger partial charge is 0.352 e. The molecular formula is C21H25ClN2O. The number of rotatable bonds is 6. The zero-order chi connectivity index (χ0) is 17.5. The number of nitrogens with one attached hydrogen (secondary N) is 1. The summed E-state index contributed by atoms with van der Waals surface area (Å²) in [6.45, 7) is 4.10. The topological polar surface area (TPSA) is 32.3 Å². The summed E-state index contributed by atoms with van der Waals surface area (Å²) in [6, 6.07) is 17.7. The normalized spacial score (nSPS) is 15.9. The van der Waals surface area contributed by atoms with E-state index in [2.05, 4.69) is 40.5 Å². The minimum atomic E-state index is -0.0333.